The summed E-state index contributed by atoms with van der Waals surface area (Å²) >= 11 is 0. The molecule has 0 bridgehead atoms. The highest BCUT2D eigenvalue weighted by atomic mass is 16.3. The minimum absolute atomic E-state index is 0.0153. The van der Waals surface area contributed by atoms with Gasteiger partial charge in [0, 0.05) is 13.1 Å². The molecule has 0 radical (unpaired) electrons. The van der Waals surface area contributed by atoms with Crippen molar-refractivity contribution < 1.29 is 9.90 Å². The predicted octanol–water partition coefficient (Wildman–Crippen LogP) is 2.45. The molecule has 1 amide bonds. The molecule has 1 saturated carbocycles. The highest BCUT2D eigenvalue weighted by molar-refractivity contribution is 5.79. The molecule has 1 rings (SSSR count). The standard InChI is InChI=1S/C17H34N2O2/c1-5-13-6-8-17(21,9-7-13)12-19-15(20)14(11-18)10-16(2,3)4/h13-14,21H,5-12,18H2,1-4H3,(H,19,20). The van der Waals surface area contributed by atoms with Gasteiger partial charge in [0.25, 0.3) is 0 Å². The van der Waals surface area contributed by atoms with Gasteiger partial charge in [0.2, 0.25) is 5.91 Å². The van der Waals surface area contributed by atoms with Gasteiger partial charge >= 0.3 is 0 Å². The van der Waals surface area contributed by atoms with E-state index in [0.717, 1.165) is 38.0 Å². The van der Waals surface area contributed by atoms with Crippen molar-refractivity contribution in [2.24, 2.45) is 23.0 Å². The molecule has 1 fully saturated rings. The van der Waals surface area contributed by atoms with Crippen molar-refractivity contribution in [2.75, 3.05) is 13.1 Å². The van der Waals surface area contributed by atoms with Crippen LogP contribution in [-0.2, 0) is 4.79 Å². The Labute approximate surface area is 129 Å². The van der Waals surface area contributed by atoms with E-state index in [-0.39, 0.29) is 17.2 Å². The summed E-state index contributed by atoms with van der Waals surface area (Å²) in [6.07, 6.45) is 5.65. The summed E-state index contributed by atoms with van der Waals surface area (Å²) in [4.78, 5) is 12.3. The minimum Gasteiger partial charge on any atom is -0.388 e. The number of hydrogen-bond donors (Lipinski definition) is 3. The Kier molecular flexibility index (Phi) is 6.67. The molecule has 0 aromatic heterocycles. The second-order valence-electron chi connectivity index (χ2n) is 7.99. The van der Waals surface area contributed by atoms with E-state index >= 15 is 0 Å². The van der Waals surface area contributed by atoms with E-state index in [0.29, 0.717) is 13.1 Å². The fourth-order valence-electron chi connectivity index (χ4n) is 3.22. The monoisotopic (exact) mass is 298 g/mol. The van der Waals surface area contributed by atoms with Gasteiger partial charge in [-0.15, -0.1) is 0 Å². The first-order chi connectivity index (χ1) is 9.69. The first kappa shape index (κ1) is 18.4. The number of carbonyl (C=O) groups excluding carboxylic acids is 1. The molecule has 0 aliphatic heterocycles. The van der Waals surface area contributed by atoms with Gasteiger partial charge in [0.05, 0.1) is 11.5 Å². The van der Waals surface area contributed by atoms with Crippen molar-refractivity contribution in [1.82, 2.24) is 5.32 Å². The lowest BCUT2D eigenvalue weighted by atomic mass is 9.77. The summed E-state index contributed by atoms with van der Waals surface area (Å²) in [5.41, 5.74) is 5.10. The van der Waals surface area contributed by atoms with Crippen LogP contribution in [-0.4, -0.2) is 29.7 Å². The second-order valence-corrected chi connectivity index (χ2v) is 7.99. The van der Waals surface area contributed by atoms with Crippen LogP contribution >= 0.6 is 0 Å². The molecular weight excluding hydrogens is 264 g/mol. The lowest BCUT2D eigenvalue weighted by molar-refractivity contribution is -0.127. The van der Waals surface area contributed by atoms with E-state index in [1.54, 1.807) is 0 Å². The molecular formula is C17H34N2O2. The Hall–Kier alpha value is -0.610. The number of nitrogens with two attached hydrogens (primary N) is 1. The smallest absolute Gasteiger partial charge is 0.224 e. The Morgan fingerprint density at radius 3 is 2.38 bits per heavy atom. The van der Waals surface area contributed by atoms with Gasteiger partial charge in [0.1, 0.15) is 0 Å². The highest BCUT2D eigenvalue weighted by Crippen LogP contribution is 2.33. The molecule has 4 heteroatoms. The quantitative estimate of drug-likeness (QED) is 0.705. The second kappa shape index (κ2) is 7.59. The Balaban J connectivity index is 2.44. The van der Waals surface area contributed by atoms with Crippen LogP contribution in [0.4, 0.5) is 0 Å². The van der Waals surface area contributed by atoms with Gasteiger partial charge in [-0.25, -0.2) is 0 Å². The number of aliphatic hydroxyl groups is 1. The van der Waals surface area contributed by atoms with Gasteiger partial charge in [-0.1, -0.05) is 34.1 Å². The molecule has 4 nitrogen and oxygen atoms in total. The maximum absolute atomic E-state index is 12.3. The third-order valence-corrected chi connectivity index (χ3v) is 4.72. The number of amides is 1. The number of rotatable bonds is 6. The molecule has 1 unspecified atom stereocenters. The predicted molar refractivity (Wildman–Crippen MR) is 86.8 cm³/mol. The molecule has 0 aromatic rings. The molecule has 0 spiro atoms. The van der Waals surface area contributed by atoms with Crippen LogP contribution in [0.3, 0.4) is 0 Å². The lowest BCUT2D eigenvalue weighted by Crippen LogP contribution is -2.48. The molecule has 0 saturated heterocycles. The molecule has 21 heavy (non-hydrogen) atoms. The van der Waals surface area contributed by atoms with E-state index in [1.165, 1.54) is 6.42 Å². The Morgan fingerprint density at radius 2 is 1.95 bits per heavy atom. The average molecular weight is 298 g/mol. The van der Waals surface area contributed by atoms with Crippen molar-refractivity contribution in [3.63, 3.8) is 0 Å². The third-order valence-electron chi connectivity index (χ3n) is 4.72. The zero-order chi connectivity index (χ0) is 16.1. The number of nitrogens with one attached hydrogen (secondary N) is 1. The van der Waals surface area contributed by atoms with Crippen molar-refractivity contribution in [1.29, 1.82) is 0 Å². The van der Waals surface area contributed by atoms with E-state index in [2.05, 4.69) is 33.0 Å². The molecule has 0 heterocycles. The first-order valence-corrected chi connectivity index (χ1v) is 8.39. The summed E-state index contributed by atoms with van der Waals surface area (Å²) in [5.74, 6) is 0.553. The maximum Gasteiger partial charge on any atom is 0.224 e. The van der Waals surface area contributed by atoms with E-state index in [4.69, 9.17) is 5.73 Å². The summed E-state index contributed by atoms with van der Waals surface area (Å²) < 4.78 is 0. The van der Waals surface area contributed by atoms with Crippen LogP contribution in [0.25, 0.3) is 0 Å². The fourth-order valence-corrected chi connectivity index (χ4v) is 3.22. The van der Waals surface area contributed by atoms with Crippen LogP contribution in [0, 0.1) is 17.3 Å². The molecule has 1 aliphatic carbocycles. The Bertz CT molecular complexity index is 328. The molecule has 4 N–H and O–H groups in total. The minimum atomic E-state index is -0.720. The lowest BCUT2D eigenvalue weighted by Gasteiger charge is -2.36. The summed E-state index contributed by atoms with van der Waals surface area (Å²) in [6, 6.07) is 0. The summed E-state index contributed by atoms with van der Waals surface area (Å²) in [5, 5.41) is 13.5. The van der Waals surface area contributed by atoms with Gasteiger partial charge in [-0.3, -0.25) is 4.79 Å². The van der Waals surface area contributed by atoms with E-state index in [1.807, 2.05) is 0 Å². The van der Waals surface area contributed by atoms with Crippen LogP contribution in [0.2, 0.25) is 0 Å². The first-order valence-electron chi connectivity index (χ1n) is 8.39. The molecule has 1 atom stereocenters. The molecule has 1 aliphatic rings. The zero-order valence-corrected chi connectivity index (χ0v) is 14.2. The van der Waals surface area contributed by atoms with Crippen LogP contribution in [0.15, 0.2) is 0 Å². The van der Waals surface area contributed by atoms with E-state index < -0.39 is 5.60 Å². The van der Waals surface area contributed by atoms with Gasteiger partial charge in [-0.05, 0) is 43.4 Å². The third kappa shape index (κ3) is 6.35. The van der Waals surface area contributed by atoms with Gasteiger partial charge < -0.3 is 16.2 Å². The maximum atomic E-state index is 12.3. The molecule has 124 valence electrons. The van der Waals surface area contributed by atoms with Crippen molar-refractivity contribution in [2.45, 2.75) is 71.8 Å². The fraction of sp³-hybridized carbons (Fsp3) is 0.941. The number of hydrogen-bond acceptors (Lipinski definition) is 3. The van der Waals surface area contributed by atoms with Crippen molar-refractivity contribution in [3.8, 4) is 0 Å². The van der Waals surface area contributed by atoms with Gasteiger partial charge in [-0.2, -0.15) is 0 Å². The number of carbonyl (C=O) groups is 1. The average Bonchev–Trinajstić information content (AvgIpc) is 2.42. The van der Waals surface area contributed by atoms with Crippen molar-refractivity contribution in [3.05, 3.63) is 0 Å². The topological polar surface area (TPSA) is 75.3 Å². The summed E-state index contributed by atoms with van der Waals surface area (Å²) in [7, 11) is 0. The largest absolute Gasteiger partial charge is 0.388 e. The zero-order valence-electron chi connectivity index (χ0n) is 14.2. The molecule has 0 aromatic carbocycles. The SMILES string of the molecule is CCC1CCC(O)(CNC(=O)C(CN)CC(C)(C)C)CC1. The van der Waals surface area contributed by atoms with E-state index in [9.17, 15) is 9.90 Å². The highest BCUT2D eigenvalue weighted by Gasteiger charge is 2.33. The summed E-state index contributed by atoms with van der Waals surface area (Å²) in [6.45, 7) is 9.27. The van der Waals surface area contributed by atoms with Crippen LogP contribution < -0.4 is 11.1 Å². The van der Waals surface area contributed by atoms with Crippen molar-refractivity contribution >= 4 is 5.91 Å². The van der Waals surface area contributed by atoms with Gasteiger partial charge in [0.15, 0.2) is 0 Å². The Morgan fingerprint density at radius 1 is 1.38 bits per heavy atom. The van der Waals surface area contributed by atoms with Crippen LogP contribution in [0.1, 0.15) is 66.2 Å². The normalized spacial score (nSPS) is 28.2. The van der Waals surface area contributed by atoms with Crippen LogP contribution in [0.5, 0.6) is 0 Å².